The minimum atomic E-state index is 0.675. The molecule has 0 atom stereocenters. The van der Waals surface area contributed by atoms with Gasteiger partial charge in [0.15, 0.2) is 0 Å². The van der Waals surface area contributed by atoms with E-state index in [4.69, 9.17) is 0 Å². The van der Waals surface area contributed by atoms with Crippen molar-refractivity contribution in [2.24, 2.45) is 17.8 Å². The van der Waals surface area contributed by atoms with Gasteiger partial charge < -0.3 is 10.6 Å². The molecule has 2 N–H and O–H groups in total. The first-order valence-electron chi connectivity index (χ1n) is 6.88. The van der Waals surface area contributed by atoms with Gasteiger partial charge in [-0.1, -0.05) is 33.8 Å². The number of nitrogens with zero attached hydrogens (tertiary/aromatic N) is 1. The second-order valence-corrected chi connectivity index (χ2v) is 5.57. The van der Waals surface area contributed by atoms with Crippen molar-refractivity contribution in [1.82, 2.24) is 10.3 Å². The van der Waals surface area contributed by atoms with E-state index >= 15 is 0 Å². The molecule has 0 spiro atoms. The molecule has 0 aliphatic heterocycles. The first-order chi connectivity index (χ1) is 8.56. The predicted molar refractivity (Wildman–Crippen MR) is 78.7 cm³/mol. The van der Waals surface area contributed by atoms with Crippen LogP contribution in [0.3, 0.4) is 0 Å². The molecular formula is C15H27N3. The molecule has 3 nitrogen and oxygen atoms in total. The Labute approximate surface area is 111 Å². The summed E-state index contributed by atoms with van der Waals surface area (Å²) in [6.07, 6.45) is 1.85. The number of nitrogens with one attached hydrogen (secondary N) is 2. The molecule has 1 aromatic heterocycles. The molecule has 0 unspecified atom stereocenters. The number of hydrogen-bond donors (Lipinski definition) is 2. The van der Waals surface area contributed by atoms with Crippen LogP contribution in [0.25, 0.3) is 0 Å². The quantitative estimate of drug-likeness (QED) is 0.779. The van der Waals surface area contributed by atoms with Gasteiger partial charge in [0.05, 0.1) is 0 Å². The van der Waals surface area contributed by atoms with E-state index in [9.17, 15) is 0 Å². The Hall–Kier alpha value is -1.09. The average molecular weight is 249 g/mol. The zero-order valence-corrected chi connectivity index (χ0v) is 12.3. The maximum Gasteiger partial charge on any atom is 0.130 e. The summed E-state index contributed by atoms with van der Waals surface area (Å²) >= 11 is 0. The molecule has 0 bridgehead atoms. The van der Waals surface area contributed by atoms with Gasteiger partial charge in [-0.15, -0.1) is 0 Å². The average Bonchev–Trinajstić information content (AvgIpc) is 2.31. The van der Waals surface area contributed by atoms with E-state index in [-0.39, 0.29) is 0 Å². The highest BCUT2D eigenvalue weighted by molar-refractivity contribution is 5.43. The maximum absolute atomic E-state index is 4.44. The molecule has 102 valence electrons. The monoisotopic (exact) mass is 249 g/mol. The maximum atomic E-state index is 4.44. The zero-order valence-electron chi connectivity index (χ0n) is 12.3. The fourth-order valence-corrected chi connectivity index (χ4v) is 2.39. The van der Waals surface area contributed by atoms with Crippen molar-refractivity contribution in [2.75, 3.05) is 18.9 Å². The van der Waals surface area contributed by atoms with Crippen molar-refractivity contribution in [3.63, 3.8) is 0 Å². The van der Waals surface area contributed by atoms with Crippen LogP contribution in [0.2, 0.25) is 0 Å². The van der Waals surface area contributed by atoms with Crippen LogP contribution in [0.5, 0.6) is 0 Å². The Morgan fingerprint density at radius 3 is 2.39 bits per heavy atom. The van der Waals surface area contributed by atoms with Crippen molar-refractivity contribution in [1.29, 1.82) is 0 Å². The second kappa shape index (κ2) is 7.37. The summed E-state index contributed by atoms with van der Waals surface area (Å²) in [5.41, 5.74) is 1.23. The van der Waals surface area contributed by atoms with Crippen molar-refractivity contribution in [3.05, 3.63) is 23.9 Å². The third-order valence-corrected chi connectivity index (χ3v) is 3.48. The summed E-state index contributed by atoms with van der Waals surface area (Å²) in [6, 6.07) is 4.10. The minimum absolute atomic E-state index is 0.675. The summed E-state index contributed by atoms with van der Waals surface area (Å²) < 4.78 is 0. The Bertz CT molecular complexity index is 339. The van der Waals surface area contributed by atoms with Crippen LogP contribution in [0.1, 0.15) is 33.3 Å². The lowest BCUT2D eigenvalue weighted by molar-refractivity contribution is 0.304. The molecule has 0 amide bonds. The van der Waals surface area contributed by atoms with E-state index in [1.807, 2.05) is 19.3 Å². The summed E-state index contributed by atoms with van der Waals surface area (Å²) in [5.74, 6) is 3.07. The van der Waals surface area contributed by atoms with Gasteiger partial charge in [-0.25, -0.2) is 4.98 Å². The van der Waals surface area contributed by atoms with Crippen LogP contribution < -0.4 is 10.6 Å². The van der Waals surface area contributed by atoms with Crippen LogP contribution in [-0.4, -0.2) is 18.6 Å². The van der Waals surface area contributed by atoms with E-state index in [1.54, 1.807) is 0 Å². The molecule has 0 radical (unpaired) electrons. The van der Waals surface area contributed by atoms with Crippen LogP contribution in [-0.2, 0) is 6.54 Å². The number of hydrogen-bond acceptors (Lipinski definition) is 3. The SMILES string of the molecule is CNCc1cccnc1NCC(C(C)C)C(C)C. The van der Waals surface area contributed by atoms with E-state index < -0.39 is 0 Å². The van der Waals surface area contributed by atoms with E-state index in [0.717, 1.165) is 18.9 Å². The lowest BCUT2D eigenvalue weighted by Crippen LogP contribution is -2.25. The first kappa shape index (κ1) is 15.0. The standard InChI is InChI=1S/C15H27N3/c1-11(2)14(12(3)4)10-18-15-13(9-16-5)7-6-8-17-15/h6-8,11-12,14,16H,9-10H2,1-5H3,(H,17,18). The smallest absolute Gasteiger partial charge is 0.130 e. The third-order valence-electron chi connectivity index (χ3n) is 3.48. The van der Waals surface area contributed by atoms with E-state index in [2.05, 4.69) is 49.4 Å². The molecule has 3 heteroatoms. The summed E-state index contributed by atoms with van der Waals surface area (Å²) in [4.78, 5) is 4.44. The molecule has 1 aromatic rings. The van der Waals surface area contributed by atoms with Gasteiger partial charge in [0.25, 0.3) is 0 Å². The van der Waals surface area contributed by atoms with Crippen molar-refractivity contribution in [3.8, 4) is 0 Å². The first-order valence-corrected chi connectivity index (χ1v) is 6.88. The largest absolute Gasteiger partial charge is 0.370 e. The summed E-state index contributed by atoms with van der Waals surface area (Å²) in [7, 11) is 1.96. The molecule has 1 rings (SSSR count). The van der Waals surface area contributed by atoms with E-state index in [0.29, 0.717) is 17.8 Å². The van der Waals surface area contributed by atoms with Crippen molar-refractivity contribution < 1.29 is 0 Å². The number of anilines is 1. The highest BCUT2D eigenvalue weighted by Gasteiger charge is 2.17. The van der Waals surface area contributed by atoms with Gasteiger partial charge in [-0.2, -0.15) is 0 Å². The van der Waals surface area contributed by atoms with Gasteiger partial charge in [0.1, 0.15) is 5.82 Å². The molecule has 0 aliphatic carbocycles. The van der Waals surface area contributed by atoms with Gasteiger partial charge >= 0.3 is 0 Å². The Morgan fingerprint density at radius 1 is 1.17 bits per heavy atom. The van der Waals surface area contributed by atoms with Crippen LogP contribution in [0.15, 0.2) is 18.3 Å². The Balaban J connectivity index is 2.67. The fourth-order valence-electron chi connectivity index (χ4n) is 2.39. The molecule has 1 heterocycles. The Kier molecular flexibility index (Phi) is 6.13. The topological polar surface area (TPSA) is 37.0 Å². The zero-order chi connectivity index (χ0) is 13.5. The molecule has 18 heavy (non-hydrogen) atoms. The van der Waals surface area contributed by atoms with Gasteiger partial charge in [-0.05, 0) is 30.9 Å². The Morgan fingerprint density at radius 2 is 1.83 bits per heavy atom. The fraction of sp³-hybridized carbons (Fsp3) is 0.667. The molecule has 0 aromatic carbocycles. The minimum Gasteiger partial charge on any atom is -0.370 e. The third kappa shape index (κ3) is 4.30. The molecule has 0 aliphatic rings. The molecular weight excluding hydrogens is 222 g/mol. The number of aromatic nitrogens is 1. The molecule has 0 saturated heterocycles. The van der Waals surface area contributed by atoms with Crippen LogP contribution in [0, 0.1) is 17.8 Å². The van der Waals surface area contributed by atoms with Gasteiger partial charge in [0.2, 0.25) is 0 Å². The van der Waals surface area contributed by atoms with Crippen molar-refractivity contribution in [2.45, 2.75) is 34.2 Å². The summed E-state index contributed by atoms with van der Waals surface area (Å²) in [6.45, 7) is 11.0. The lowest BCUT2D eigenvalue weighted by atomic mass is 9.85. The highest BCUT2D eigenvalue weighted by atomic mass is 15.0. The van der Waals surface area contributed by atoms with Gasteiger partial charge in [0, 0.05) is 24.8 Å². The highest BCUT2D eigenvalue weighted by Crippen LogP contribution is 2.21. The van der Waals surface area contributed by atoms with Crippen LogP contribution in [0.4, 0.5) is 5.82 Å². The van der Waals surface area contributed by atoms with Crippen molar-refractivity contribution >= 4 is 5.82 Å². The van der Waals surface area contributed by atoms with E-state index in [1.165, 1.54) is 5.56 Å². The molecule has 0 saturated carbocycles. The van der Waals surface area contributed by atoms with Gasteiger partial charge in [-0.3, -0.25) is 0 Å². The molecule has 0 fully saturated rings. The second-order valence-electron chi connectivity index (χ2n) is 5.57. The number of rotatable bonds is 7. The normalized spacial score (nSPS) is 11.6. The predicted octanol–water partition coefficient (Wildman–Crippen LogP) is 3.14. The summed E-state index contributed by atoms with van der Waals surface area (Å²) in [5, 5.41) is 6.69. The lowest BCUT2D eigenvalue weighted by Gasteiger charge is -2.25. The van der Waals surface area contributed by atoms with Crippen LogP contribution >= 0.6 is 0 Å². The number of pyridine rings is 1.